The molecule has 40 heavy (non-hydrogen) atoms. The second-order valence-corrected chi connectivity index (χ2v) is 14.0. The Morgan fingerprint density at radius 1 is 1.05 bits per heavy atom. The van der Waals surface area contributed by atoms with Gasteiger partial charge in [-0.25, -0.2) is 0 Å². The van der Waals surface area contributed by atoms with Crippen LogP contribution < -0.4 is 0 Å². The highest BCUT2D eigenvalue weighted by molar-refractivity contribution is 5.69. The number of ether oxygens (including phenoxy) is 2. The Morgan fingerprint density at radius 3 is 2.45 bits per heavy atom. The van der Waals surface area contributed by atoms with Crippen LogP contribution >= 0.6 is 0 Å². The Hall–Kier alpha value is -2.14. The number of hydrogen-bond acceptors (Lipinski definition) is 5. The van der Waals surface area contributed by atoms with Crippen LogP contribution in [-0.2, 0) is 25.7 Å². The molecule has 1 N–H and O–H groups in total. The van der Waals surface area contributed by atoms with Gasteiger partial charge in [-0.3, -0.25) is 9.59 Å². The van der Waals surface area contributed by atoms with Crippen molar-refractivity contribution in [1.82, 2.24) is 0 Å². The fourth-order valence-corrected chi connectivity index (χ4v) is 10.1. The first kappa shape index (κ1) is 29.4. The quantitative estimate of drug-likeness (QED) is 0.286. The first-order chi connectivity index (χ1) is 19.1. The Balaban J connectivity index is 1.26. The maximum atomic E-state index is 12.6. The second-order valence-electron chi connectivity index (χ2n) is 14.0. The van der Waals surface area contributed by atoms with Gasteiger partial charge in [0.2, 0.25) is 0 Å². The van der Waals surface area contributed by atoms with E-state index >= 15 is 0 Å². The first-order valence-electron chi connectivity index (χ1n) is 15.8. The van der Waals surface area contributed by atoms with Gasteiger partial charge in [0, 0.05) is 13.3 Å². The normalized spacial score (nSPS) is 40.5. The zero-order valence-electron chi connectivity index (χ0n) is 25.2. The van der Waals surface area contributed by atoms with Crippen LogP contribution in [0.25, 0.3) is 0 Å². The average Bonchev–Trinajstić information content (AvgIpc) is 3.29. The highest BCUT2D eigenvalue weighted by atomic mass is 16.5. The van der Waals surface area contributed by atoms with Crippen LogP contribution in [-0.4, -0.2) is 29.3 Å². The van der Waals surface area contributed by atoms with Gasteiger partial charge in [-0.1, -0.05) is 57.2 Å². The van der Waals surface area contributed by atoms with E-state index in [4.69, 9.17) is 9.47 Å². The monoisotopic (exact) mass is 550 g/mol. The molecule has 4 saturated carbocycles. The summed E-state index contributed by atoms with van der Waals surface area (Å²) in [6, 6.07) is 9.87. The van der Waals surface area contributed by atoms with Gasteiger partial charge in [-0.2, -0.15) is 0 Å². The van der Waals surface area contributed by atoms with Crippen LogP contribution in [0.4, 0.5) is 0 Å². The molecule has 220 valence electrons. The summed E-state index contributed by atoms with van der Waals surface area (Å²) < 4.78 is 11.2. The van der Waals surface area contributed by atoms with Gasteiger partial charge in [-0.15, -0.1) is 0 Å². The van der Waals surface area contributed by atoms with Crippen molar-refractivity contribution >= 4 is 11.9 Å². The molecule has 0 saturated heterocycles. The van der Waals surface area contributed by atoms with Crippen LogP contribution in [0, 0.1) is 46.3 Å². The van der Waals surface area contributed by atoms with Gasteiger partial charge in [-0.05, 0) is 116 Å². The molecule has 5 nitrogen and oxygen atoms in total. The predicted octanol–water partition coefficient (Wildman–Crippen LogP) is 7.26. The number of allylic oxidation sites excluding steroid dienone is 1. The SMILES string of the molecule is C/C=C1/[C@@H](O)[C@@H]2[C@H](CC[C@]3(C)C([C@H](C)CCC(=O)OCc4ccccc4)CC[C@@H]23)[C@@]2(C)CC[C@@H](OC(C)=O)C[C@@H]12. The Kier molecular flexibility index (Phi) is 8.53. The van der Waals surface area contributed by atoms with Crippen LogP contribution in [0.1, 0.15) is 98.0 Å². The molecule has 4 aliphatic rings. The molecule has 0 aliphatic heterocycles. The summed E-state index contributed by atoms with van der Waals surface area (Å²) in [6.07, 6.45) is 10.5. The zero-order chi connectivity index (χ0) is 28.7. The van der Waals surface area contributed by atoms with Crippen LogP contribution in [0.2, 0.25) is 0 Å². The van der Waals surface area contributed by atoms with Crippen molar-refractivity contribution in [2.75, 3.05) is 0 Å². The van der Waals surface area contributed by atoms with E-state index in [1.54, 1.807) is 0 Å². The highest BCUT2D eigenvalue weighted by Crippen LogP contribution is 2.69. The van der Waals surface area contributed by atoms with Crippen LogP contribution in [0.15, 0.2) is 42.0 Å². The van der Waals surface area contributed by atoms with E-state index in [-0.39, 0.29) is 40.7 Å². The molecule has 0 amide bonds. The third-order valence-corrected chi connectivity index (χ3v) is 12.1. The topological polar surface area (TPSA) is 72.8 Å². The summed E-state index contributed by atoms with van der Waals surface area (Å²) in [4.78, 5) is 24.3. The Morgan fingerprint density at radius 2 is 1.75 bits per heavy atom. The molecule has 10 atom stereocenters. The smallest absolute Gasteiger partial charge is 0.306 e. The number of aliphatic hydroxyl groups excluding tert-OH is 1. The molecule has 0 spiro atoms. The minimum absolute atomic E-state index is 0.0424. The molecule has 5 heteroatoms. The number of benzene rings is 1. The summed E-state index contributed by atoms with van der Waals surface area (Å²) in [5, 5.41) is 12.0. The number of esters is 2. The summed E-state index contributed by atoms with van der Waals surface area (Å²) >= 11 is 0. The van der Waals surface area contributed by atoms with E-state index in [0.717, 1.165) is 44.1 Å². The molecule has 1 aromatic rings. The van der Waals surface area contributed by atoms with E-state index < -0.39 is 6.10 Å². The van der Waals surface area contributed by atoms with Crippen LogP contribution in [0.3, 0.4) is 0 Å². The molecule has 0 radical (unpaired) electrons. The fraction of sp³-hybridized carbons (Fsp3) is 0.714. The molecular formula is C35H50O5. The number of fused-ring (bicyclic) bond motifs is 5. The molecule has 0 bridgehead atoms. The van der Waals surface area contributed by atoms with Gasteiger partial charge in [0.25, 0.3) is 0 Å². The predicted molar refractivity (Wildman–Crippen MR) is 156 cm³/mol. The highest BCUT2D eigenvalue weighted by Gasteiger charge is 2.64. The first-order valence-corrected chi connectivity index (χ1v) is 15.8. The number of hydrogen-bond donors (Lipinski definition) is 1. The van der Waals surface area contributed by atoms with Crippen molar-refractivity contribution in [2.24, 2.45) is 46.3 Å². The minimum Gasteiger partial charge on any atom is -0.463 e. The summed E-state index contributed by atoms with van der Waals surface area (Å²) in [6.45, 7) is 11.2. The largest absolute Gasteiger partial charge is 0.463 e. The molecule has 5 rings (SSSR count). The van der Waals surface area contributed by atoms with Crippen molar-refractivity contribution in [1.29, 1.82) is 0 Å². The number of carbonyl (C=O) groups excluding carboxylic acids is 2. The van der Waals surface area contributed by atoms with Crippen molar-refractivity contribution in [3.8, 4) is 0 Å². The number of rotatable bonds is 7. The molecule has 4 aliphatic carbocycles. The molecule has 1 unspecified atom stereocenters. The van der Waals surface area contributed by atoms with Crippen molar-refractivity contribution in [3.05, 3.63) is 47.5 Å². The lowest BCUT2D eigenvalue weighted by Crippen LogP contribution is -2.59. The molecule has 0 heterocycles. The minimum atomic E-state index is -0.421. The third kappa shape index (κ3) is 5.28. The van der Waals surface area contributed by atoms with Crippen molar-refractivity contribution in [3.63, 3.8) is 0 Å². The van der Waals surface area contributed by atoms with Gasteiger partial charge in [0.15, 0.2) is 0 Å². The zero-order valence-corrected chi connectivity index (χ0v) is 25.2. The summed E-state index contributed by atoms with van der Waals surface area (Å²) in [5.74, 6) is 2.25. The van der Waals surface area contributed by atoms with Gasteiger partial charge in [0.1, 0.15) is 12.7 Å². The van der Waals surface area contributed by atoms with Crippen molar-refractivity contribution in [2.45, 2.75) is 111 Å². The second kappa shape index (κ2) is 11.6. The molecule has 4 fully saturated rings. The summed E-state index contributed by atoms with van der Waals surface area (Å²) in [7, 11) is 0. The maximum absolute atomic E-state index is 12.6. The third-order valence-electron chi connectivity index (χ3n) is 12.1. The van der Waals surface area contributed by atoms with Gasteiger partial charge >= 0.3 is 11.9 Å². The van der Waals surface area contributed by atoms with Crippen LogP contribution in [0.5, 0.6) is 0 Å². The van der Waals surface area contributed by atoms with E-state index in [2.05, 4.69) is 33.8 Å². The maximum Gasteiger partial charge on any atom is 0.306 e. The van der Waals surface area contributed by atoms with Gasteiger partial charge < -0.3 is 14.6 Å². The number of carbonyl (C=O) groups is 2. The molecule has 1 aromatic carbocycles. The lowest BCUT2D eigenvalue weighted by Gasteiger charge is -2.63. The molecular weight excluding hydrogens is 500 g/mol. The average molecular weight is 551 g/mol. The standard InChI is InChI=1S/C35H50O5/c1-6-26-30-20-25(40-23(3)36)16-18-35(30,5)29-17-19-34(4)27(13-14-28(34)32(29)33(26)38)22(2)12-15-31(37)39-21-24-10-8-7-9-11-24/h6-11,22,25,27-30,32-33,38H,12-21H2,1-5H3/b26-6+/t22-,25-,27?,28+,29+,30+,32+,33-,34-,35-/m1/s1. The lowest BCUT2D eigenvalue weighted by molar-refractivity contribution is -0.164. The summed E-state index contributed by atoms with van der Waals surface area (Å²) in [5.41, 5.74) is 2.53. The molecule has 0 aromatic heterocycles. The Bertz CT molecular complexity index is 1100. The van der Waals surface area contributed by atoms with E-state index in [1.807, 2.05) is 30.3 Å². The number of aliphatic hydroxyl groups is 1. The van der Waals surface area contributed by atoms with E-state index in [0.29, 0.717) is 36.7 Å². The van der Waals surface area contributed by atoms with E-state index in [9.17, 15) is 14.7 Å². The Labute approximate surface area is 241 Å². The van der Waals surface area contributed by atoms with Crippen molar-refractivity contribution < 1.29 is 24.2 Å². The van der Waals surface area contributed by atoms with Gasteiger partial charge in [0.05, 0.1) is 6.10 Å². The fourth-order valence-electron chi connectivity index (χ4n) is 10.1. The lowest BCUT2D eigenvalue weighted by atomic mass is 9.42. The van der Waals surface area contributed by atoms with E-state index in [1.165, 1.54) is 25.3 Å².